The third-order valence-corrected chi connectivity index (χ3v) is 14.0. The maximum atomic E-state index is 10.6. The van der Waals surface area contributed by atoms with Gasteiger partial charge in [-0.3, -0.25) is 0 Å². The molecule has 0 atom stereocenters. The number of aliphatic imine (C=N–C) groups is 8. The zero-order valence-electron chi connectivity index (χ0n) is 79.3. The van der Waals surface area contributed by atoms with Gasteiger partial charge in [-0.25, -0.2) is 59.9 Å². The molecule has 754 valence electrons. The number of ether oxygens (including phenoxy) is 2. The number of hydrogen-bond donors (Lipinski definition) is 0. The van der Waals surface area contributed by atoms with Gasteiger partial charge in [-0.05, 0) is 277 Å². The number of pyridine rings is 12. The van der Waals surface area contributed by atoms with Crippen LogP contribution in [0, 0.1) is 0 Å². The molecule has 3 aromatic carbocycles. The zero-order chi connectivity index (χ0) is 98.9. The van der Waals surface area contributed by atoms with E-state index in [0.29, 0.717) is 46.5 Å². The molecule has 0 unspecified atom stereocenters. The van der Waals surface area contributed by atoms with Gasteiger partial charge in [0.05, 0.1) is 0 Å². The van der Waals surface area contributed by atoms with Gasteiger partial charge in [0.15, 0.2) is 46.5 Å². The Bertz CT molecular complexity index is 4740. The Morgan fingerprint density at radius 1 is 0.183 bits per heavy atom. The summed E-state index contributed by atoms with van der Waals surface area (Å²) in [6, 6.07) is 99.9. The Labute approximate surface area is 890 Å². The molecule has 0 saturated carbocycles. The van der Waals surface area contributed by atoms with Crippen LogP contribution in [0.2, 0.25) is 0 Å². The second-order valence-corrected chi connectivity index (χ2v) is 25.4. The summed E-state index contributed by atoms with van der Waals surface area (Å²) in [5.74, 6) is 4.88. The molecule has 0 aliphatic heterocycles. The Morgan fingerprint density at radius 3 is 0.373 bits per heavy atom. The van der Waals surface area contributed by atoms with E-state index in [9.17, 15) is 40.9 Å². The van der Waals surface area contributed by atoms with E-state index in [1.165, 1.54) is 55.4 Å². The Balaban J connectivity index is -0.000000733. The summed E-state index contributed by atoms with van der Waals surface area (Å²) in [6.07, 6.45) is 13.7. The zero-order valence-corrected chi connectivity index (χ0v) is 85.3. The summed E-state index contributed by atoms with van der Waals surface area (Å²) in [7, 11) is 0. The van der Waals surface area contributed by atoms with Gasteiger partial charge in [0.25, 0.3) is 0 Å². The average Bonchev–Trinajstić information content (AvgIpc) is 0.913. The summed E-state index contributed by atoms with van der Waals surface area (Å²) in [5.41, 5.74) is 0. The molecule has 34 nitrogen and oxygen atoms in total. The van der Waals surface area contributed by atoms with Gasteiger partial charge in [-0.2, -0.15) is 0 Å². The van der Waals surface area contributed by atoms with Crippen molar-refractivity contribution in [1.82, 2.24) is 59.8 Å². The van der Waals surface area contributed by atoms with Gasteiger partial charge in [0.1, 0.15) is 0 Å². The third kappa shape index (κ3) is 76.3. The molecule has 12 heterocycles. The Hall–Kier alpha value is -14.7. The van der Waals surface area contributed by atoms with Gasteiger partial charge < -0.3 is 111 Å². The van der Waals surface area contributed by atoms with Crippen LogP contribution in [0.3, 0.4) is 0 Å². The maximum Gasteiger partial charge on any atom is 2.00 e. The van der Waals surface area contributed by atoms with Crippen molar-refractivity contribution in [2.24, 2.45) is 39.9 Å². The quantitative estimate of drug-likeness (QED) is 0.0388. The first kappa shape index (κ1) is 134. The van der Waals surface area contributed by atoms with Crippen molar-refractivity contribution in [2.75, 3.05) is 26.4 Å². The summed E-state index contributed by atoms with van der Waals surface area (Å²) < 4.78 is 9.67. The molecule has 0 amide bonds. The van der Waals surface area contributed by atoms with Crippen molar-refractivity contribution in [3.8, 4) is 0 Å². The van der Waals surface area contributed by atoms with E-state index in [-0.39, 0.29) is 193 Å². The molecule has 12 aromatic heterocycles. The molecule has 15 aromatic rings. The predicted molar refractivity (Wildman–Crippen MR) is 527 cm³/mol. The average molecular weight is 2180 g/mol. The summed E-state index contributed by atoms with van der Waals surface area (Å²) >= 11 is 0. The van der Waals surface area contributed by atoms with Crippen LogP contribution in [0.15, 0.2) is 417 Å². The minimum atomic E-state index is -0.336. The molecule has 0 radical (unpaired) electrons. The number of hydrogen-bond acceptors (Lipinski definition) is 30. The van der Waals surface area contributed by atoms with E-state index < -0.39 is 0 Å². The smallest absolute Gasteiger partial charge is 0.862 e. The number of aromatic nitrogens is 12. The fourth-order valence-corrected chi connectivity index (χ4v) is 8.83. The number of rotatable bonds is 20. The molecular weight excluding hydrogens is 2070 g/mol. The van der Waals surface area contributed by atoms with Crippen LogP contribution in [-0.4, -0.2) is 133 Å². The first-order valence-corrected chi connectivity index (χ1v) is 41.9. The van der Waals surface area contributed by atoms with Gasteiger partial charge in [0.2, 0.25) is 0 Å². The standard InChI is InChI=1S/4C10H8N3.4C9H11N3O2.3C6H6.2C4H10O.6Ni/c4*1-3-7-11-9(5-1)13-10-6-2-4-8-12-10;4*1-6(13)10-8-4-3-5-9(12-8)11-7(2)14;3*1-2-4-6-5-3-1;2*1-3-5-4-2;;;;;;/h4*1-8H;4*3-5H,1-2H3,(H2,10,11,12,13,14);3*1-6H;2*3-4H2,1-2H3;;;;;;/q4*-1;;;;;;;;;;6*+2/p-8. The summed E-state index contributed by atoms with van der Waals surface area (Å²) in [5, 5.41) is 102. The minimum Gasteiger partial charge on any atom is -0.862 e. The van der Waals surface area contributed by atoms with Gasteiger partial charge >= 0.3 is 98.9 Å². The molecule has 0 N–H and O–H groups in total. The van der Waals surface area contributed by atoms with Gasteiger partial charge in [-0.1, -0.05) is 231 Å². The first-order valence-electron chi connectivity index (χ1n) is 41.9. The van der Waals surface area contributed by atoms with Crippen LogP contribution < -0.4 is 40.9 Å². The van der Waals surface area contributed by atoms with E-state index in [4.69, 9.17) is 9.47 Å². The van der Waals surface area contributed by atoms with Crippen LogP contribution in [0.4, 0.5) is 93.1 Å². The van der Waals surface area contributed by atoms with Crippen LogP contribution >= 0.6 is 0 Å². The monoisotopic (exact) mass is 2170 g/mol. The first-order chi connectivity index (χ1) is 65.9. The molecule has 0 aliphatic rings. The molecular formula is C102H106N24Ni6O10. The second kappa shape index (κ2) is 89.0. The fourth-order valence-electron chi connectivity index (χ4n) is 8.83. The molecule has 142 heavy (non-hydrogen) atoms. The van der Waals surface area contributed by atoms with Crippen molar-refractivity contribution in [3.63, 3.8) is 0 Å². The normalized spacial score (nSPS) is 10.2. The van der Waals surface area contributed by atoms with E-state index in [1.54, 1.807) is 122 Å². The van der Waals surface area contributed by atoms with E-state index >= 15 is 0 Å². The van der Waals surface area contributed by atoms with Crippen molar-refractivity contribution in [2.45, 2.75) is 83.1 Å². The Morgan fingerprint density at radius 2 is 0.296 bits per heavy atom. The topological polar surface area (TPSA) is 513 Å². The number of nitrogens with zero attached hydrogens (tertiary/aromatic N) is 24. The van der Waals surface area contributed by atoms with Crippen molar-refractivity contribution >= 4 is 140 Å². The molecule has 15 rings (SSSR count). The van der Waals surface area contributed by atoms with Gasteiger partial charge in [-0.15, -0.1) is 0 Å². The molecule has 40 heteroatoms. The van der Waals surface area contributed by atoms with Crippen LogP contribution in [0.25, 0.3) is 21.3 Å². The SMILES string of the molecule is CC([O-])=Nc1cccc(/N=C(/C)[O-])n1.CC([O-])=Nc1cccc(/N=C(/C)[O-])n1.CC([O-])=Nc1cccc(/N=C(/C)[O-])n1.CC([O-])=Nc1cccc(/N=C(\C)[O-])n1.CCOCC.CCOCC.[Ni+2].[Ni+2].[Ni+2].[Ni+2].[Ni+2].[Ni+2].c1ccc([N-]c2ccccn2)nc1.c1ccc([N-]c2ccccn2)nc1.c1ccc([N-]c2ccccn2)nc1.c1ccc([N-]c2ccccn2)nc1.c1ccccc1.c1ccccc1.c1ccccc1. The van der Waals surface area contributed by atoms with Crippen molar-refractivity contribution < 1.29 is 149 Å². The van der Waals surface area contributed by atoms with Crippen LogP contribution in [0.5, 0.6) is 0 Å². The molecule has 0 fully saturated rings. The van der Waals surface area contributed by atoms with Crippen LogP contribution in [0.1, 0.15) is 83.1 Å². The molecule has 0 spiro atoms. The summed E-state index contributed by atoms with van der Waals surface area (Å²) in [4.78, 5) is 76.9. The minimum absolute atomic E-state index is 0. The van der Waals surface area contributed by atoms with Crippen molar-refractivity contribution in [1.29, 1.82) is 0 Å². The van der Waals surface area contributed by atoms with E-state index in [2.05, 4.69) is 121 Å². The number of benzene rings is 3. The summed E-state index contributed by atoms with van der Waals surface area (Å²) in [6.45, 7) is 22.0. The van der Waals surface area contributed by atoms with E-state index in [0.717, 1.165) is 26.4 Å². The molecule has 0 bridgehead atoms. The predicted octanol–water partition coefficient (Wildman–Crippen LogP) is 18.0. The Kier molecular flexibility index (Phi) is 83.7. The third-order valence-electron chi connectivity index (χ3n) is 14.0. The van der Waals surface area contributed by atoms with E-state index in [1.807, 2.05) is 282 Å². The van der Waals surface area contributed by atoms with Crippen molar-refractivity contribution in [3.05, 3.63) is 398 Å². The maximum absolute atomic E-state index is 10.6. The van der Waals surface area contributed by atoms with Crippen LogP contribution in [-0.2, 0) is 108 Å². The largest absolute Gasteiger partial charge is 2.00 e. The molecule has 0 saturated heterocycles. The fraction of sp³-hybridized carbons (Fsp3) is 0.157. The molecule has 0 aliphatic carbocycles. The second-order valence-electron chi connectivity index (χ2n) is 25.4. The van der Waals surface area contributed by atoms with Gasteiger partial charge in [0, 0.05) is 73.0 Å².